The minimum absolute atomic E-state index is 0.0380. The number of nitrogens with zero attached hydrogens (tertiary/aromatic N) is 3. The second-order valence-corrected chi connectivity index (χ2v) is 5.10. The maximum absolute atomic E-state index is 11.6. The molecule has 2 aromatic heterocycles. The zero-order valence-electron chi connectivity index (χ0n) is 10.7. The van der Waals surface area contributed by atoms with E-state index in [1.165, 1.54) is 15.9 Å². The molecule has 0 saturated heterocycles. The van der Waals surface area contributed by atoms with E-state index in [1.807, 2.05) is 6.07 Å². The fourth-order valence-electron chi connectivity index (χ4n) is 1.60. The highest BCUT2D eigenvalue weighted by atomic mass is 32.1. The van der Waals surface area contributed by atoms with Gasteiger partial charge >= 0.3 is 0 Å². The molecular formula is C12H16N4OS. The molecule has 2 aromatic rings. The molecule has 0 fully saturated rings. The van der Waals surface area contributed by atoms with Gasteiger partial charge in [0.1, 0.15) is 10.0 Å². The van der Waals surface area contributed by atoms with Crippen LogP contribution in [0, 0.1) is 0 Å². The lowest BCUT2D eigenvalue weighted by Crippen LogP contribution is -2.17. The first kappa shape index (κ1) is 12.9. The molecule has 6 heteroatoms. The highest BCUT2D eigenvalue weighted by molar-refractivity contribution is 7.14. The van der Waals surface area contributed by atoms with Crippen LogP contribution in [-0.2, 0) is 7.05 Å². The number of aryl methyl sites for hydroxylation is 1. The van der Waals surface area contributed by atoms with Gasteiger partial charge in [-0.3, -0.25) is 4.79 Å². The first-order chi connectivity index (χ1) is 8.61. The van der Waals surface area contributed by atoms with E-state index < -0.39 is 0 Å². The zero-order chi connectivity index (χ0) is 13.1. The van der Waals surface area contributed by atoms with Crippen LogP contribution in [0.3, 0.4) is 0 Å². The Morgan fingerprint density at radius 2 is 2.28 bits per heavy atom. The third kappa shape index (κ3) is 2.65. The molecule has 2 rings (SSSR count). The summed E-state index contributed by atoms with van der Waals surface area (Å²) < 4.78 is 1.53. The molecule has 0 radical (unpaired) electrons. The van der Waals surface area contributed by atoms with Crippen LogP contribution in [0.4, 0.5) is 0 Å². The lowest BCUT2D eigenvalue weighted by Gasteiger charge is -2.06. The van der Waals surface area contributed by atoms with Crippen LogP contribution < -0.4 is 10.9 Å². The van der Waals surface area contributed by atoms with Gasteiger partial charge in [-0.05, 0) is 19.5 Å². The molecule has 0 aliphatic carbocycles. The van der Waals surface area contributed by atoms with E-state index in [0.29, 0.717) is 0 Å². The van der Waals surface area contributed by atoms with Gasteiger partial charge in [-0.2, -0.15) is 0 Å². The maximum Gasteiger partial charge on any atom is 0.250 e. The summed E-state index contributed by atoms with van der Waals surface area (Å²) in [7, 11) is 1.73. The SMILES string of the molecule is CCNC(C)c1nnc(-c2ccn(C)c(=O)c2)s1. The van der Waals surface area contributed by atoms with Crippen LogP contribution in [-0.4, -0.2) is 21.3 Å². The van der Waals surface area contributed by atoms with E-state index in [9.17, 15) is 4.79 Å². The molecule has 96 valence electrons. The van der Waals surface area contributed by atoms with Crippen LogP contribution in [0.25, 0.3) is 10.6 Å². The topological polar surface area (TPSA) is 59.8 Å². The summed E-state index contributed by atoms with van der Waals surface area (Å²) in [4.78, 5) is 11.6. The van der Waals surface area contributed by atoms with Gasteiger partial charge in [0, 0.05) is 24.9 Å². The molecule has 5 nitrogen and oxygen atoms in total. The van der Waals surface area contributed by atoms with Gasteiger partial charge in [0.25, 0.3) is 5.56 Å². The minimum atomic E-state index is -0.0380. The van der Waals surface area contributed by atoms with E-state index in [0.717, 1.165) is 22.1 Å². The van der Waals surface area contributed by atoms with Crippen molar-refractivity contribution in [3.63, 3.8) is 0 Å². The van der Waals surface area contributed by atoms with Crippen molar-refractivity contribution < 1.29 is 0 Å². The Morgan fingerprint density at radius 3 is 2.94 bits per heavy atom. The zero-order valence-corrected chi connectivity index (χ0v) is 11.5. The first-order valence-electron chi connectivity index (χ1n) is 5.85. The summed E-state index contributed by atoms with van der Waals surface area (Å²) in [6.07, 6.45) is 1.74. The van der Waals surface area contributed by atoms with Crippen LogP contribution in [0.15, 0.2) is 23.1 Å². The fraction of sp³-hybridized carbons (Fsp3) is 0.417. The Hall–Kier alpha value is -1.53. The molecule has 0 amide bonds. The van der Waals surface area contributed by atoms with E-state index >= 15 is 0 Å². The van der Waals surface area contributed by atoms with Crippen molar-refractivity contribution in [2.75, 3.05) is 6.54 Å². The molecule has 0 aromatic carbocycles. The van der Waals surface area contributed by atoms with Gasteiger partial charge in [0.15, 0.2) is 0 Å². The van der Waals surface area contributed by atoms with E-state index in [-0.39, 0.29) is 11.6 Å². The normalized spacial score (nSPS) is 12.6. The quantitative estimate of drug-likeness (QED) is 0.910. The summed E-state index contributed by atoms with van der Waals surface area (Å²) in [6, 6.07) is 3.65. The summed E-state index contributed by atoms with van der Waals surface area (Å²) >= 11 is 1.52. The highest BCUT2D eigenvalue weighted by Gasteiger charge is 2.12. The van der Waals surface area contributed by atoms with Crippen molar-refractivity contribution >= 4 is 11.3 Å². The van der Waals surface area contributed by atoms with Crippen molar-refractivity contribution in [1.29, 1.82) is 0 Å². The number of aromatic nitrogens is 3. The average Bonchev–Trinajstić information content (AvgIpc) is 2.82. The predicted octanol–water partition coefficient (Wildman–Crippen LogP) is 1.57. The van der Waals surface area contributed by atoms with Crippen molar-refractivity contribution in [3.05, 3.63) is 33.7 Å². The summed E-state index contributed by atoms with van der Waals surface area (Å²) in [6.45, 7) is 5.00. The predicted molar refractivity (Wildman–Crippen MR) is 72.7 cm³/mol. The van der Waals surface area contributed by atoms with Gasteiger partial charge in [-0.1, -0.05) is 18.3 Å². The fourth-order valence-corrected chi connectivity index (χ4v) is 2.47. The molecule has 0 aliphatic heterocycles. The largest absolute Gasteiger partial charge is 0.319 e. The summed E-state index contributed by atoms with van der Waals surface area (Å²) in [5.74, 6) is 0. The molecule has 1 atom stereocenters. The lowest BCUT2D eigenvalue weighted by molar-refractivity contribution is 0.590. The molecule has 2 heterocycles. The molecule has 0 spiro atoms. The number of nitrogens with one attached hydrogen (secondary N) is 1. The van der Waals surface area contributed by atoms with Gasteiger partial charge < -0.3 is 9.88 Å². The van der Waals surface area contributed by atoms with Crippen LogP contribution in [0.1, 0.15) is 24.9 Å². The Balaban J connectivity index is 2.29. The Morgan fingerprint density at radius 1 is 1.50 bits per heavy atom. The van der Waals surface area contributed by atoms with E-state index in [4.69, 9.17) is 0 Å². The molecule has 18 heavy (non-hydrogen) atoms. The van der Waals surface area contributed by atoms with Crippen molar-refractivity contribution in [2.45, 2.75) is 19.9 Å². The summed E-state index contributed by atoms with van der Waals surface area (Å²) in [5, 5.41) is 13.3. The van der Waals surface area contributed by atoms with E-state index in [2.05, 4.69) is 29.4 Å². The third-order valence-corrected chi connectivity index (χ3v) is 3.83. The Bertz CT molecular complexity index is 590. The smallest absolute Gasteiger partial charge is 0.250 e. The molecule has 0 saturated carbocycles. The van der Waals surface area contributed by atoms with Crippen LogP contribution in [0.2, 0.25) is 0 Å². The van der Waals surface area contributed by atoms with Gasteiger partial charge in [-0.25, -0.2) is 0 Å². The molecular weight excluding hydrogens is 248 g/mol. The van der Waals surface area contributed by atoms with Gasteiger partial charge in [0.05, 0.1) is 6.04 Å². The maximum atomic E-state index is 11.6. The molecule has 1 N–H and O–H groups in total. The second-order valence-electron chi connectivity index (χ2n) is 4.09. The number of hydrogen-bond donors (Lipinski definition) is 1. The average molecular weight is 264 g/mol. The molecule has 1 unspecified atom stereocenters. The highest BCUT2D eigenvalue weighted by Crippen LogP contribution is 2.25. The lowest BCUT2D eigenvalue weighted by atomic mass is 10.3. The molecule has 0 bridgehead atoms. The number of rotatable bonds is 4. The van der Waals surface area contributed by atoms with Crippen molar-refractivity contribution in [1.82, 2.24) is 20.1 Å². The van der Waals surface area contributed by atoms with Crippen molar-refractivity contribution in [2.24, 2.45) is 7.05 Å². The number of hydrogen-bond acceptors (Lipinski definition) is 5. The Labute approximate surface area is 110 Å². The van der Waals surface area contributed by atoms with Crippen LogP contribution in [0.5, 0.6) is 0 Å². The Kier molecular flexibility index (Phi) is 3.88. The summed E-state index contributed by atoms with van der Waals surface area (Å²) in [5.41, 5.74) is 0.787. The molecule has 0 aliphatic rings. The third-order valence-electron chi connectivity index (χ3n) is 2.67. The van der Waals surface area contributed by atoms with Crippen molar-refractivity contribution in [3.8, 4) is 10.6 Å². The van der Waals surface area contributed by atoms with Crippen LogP contribution >= 0.6 is 11.3 Å². The number of pyridine rings is 1. The van der Waals surface area contributed by atoms with E-state index in [1.54, 1.807) is 19.3 Å². The van der Waals surface area contributed by atoms with Gasteiger partial charge in [0.2, 0.25) is 0 Å². The second kappa shape index (κ2) is 5.41. The monoisotopic (exact) mass is 264 g/mol. The standard InChI is InChI=1S/C12H16N4OS/c1-4-13-8(2)11-14-15-12(18-11)9-5-6-16(3)10(17)7-9/h5-8,13H,4H2,1-3H3. The minimum Gasteiger partial charge on any atom is -0.319 e. The first-order valence-corrected chi connectivity index (χ1v) is 6.67. The van der Waals surface area contributed by atoms with Gasteiger partial charge in [-0.15, -0.1) is 10.2 Å².